The molecule has 0 unspecified atom stereocenters. The van der Waals surface area contributed by atoms with E-state index >= 15 is 0 Å². The van der Waals surface area contributed by atoms with Crippen molar-refractivity contribution in [1.82, 2.24) is 0 Å². The van der Waals surface area contributed by atoms with Gasteiger partial charge in [-0.2, -0.15) is 5.10 Å². The highest BCUT2D eigenvalue weighted by Gasteiger charge is 2.10. The van der Waals surface area contributed by atoms with Gasteiger partial charge in [0.2, 0.25) is 5.96 Å². The van der Waals surface area contributed by atoms with Gasteiger partial charge in [0.15, 0.2) is 0 Å². The normalized spacial score (nSPS) is 10.4. The fourth-order valence-electron chi connectivity index (χ4n) is 1.75. The van der Waals surface area contributed by atoms with E-state index in [0.717, 1.165) is 11.1 Å². The van der Waals surface area contributed by atoms with Gasteiger partial charge in [-0.3, -0.25) is 0 Å². The molecule has 22 heavy (non-hydrogen) atoms. The van der Waals surface area contributed by atoms with Gasteiger partial charge in [-0.15, -0.1) is 5.10 Å². The highest BCUT2D eigenvalue weighted by molar-refractivity contribution is 5.92. The molecule has 0 aliphatic carbocycles. The number of nitrogens with two attached hydrogens (primary N) is 2. The molecule has 2 aromatic rings. The summed E-state index contributed by atoms with van der Waals surface area (Å²) >= 11 is 0. The number of rotatable bonds is 4. The number of carbonyl (C=O) groups excluding carboxylic acids is 1. The third-order valence-corrected chi connectivity index (χ3v) is 2.84. The predicted molar refractivity (Wildman–Crippen MR) is 86.0 cm³/mol. The summed E-state index contributed by atoms with van der Waals surface area (Å²) in [5.41, 5.74) is 12.5. The standard InChI is InChI=1S/C16H16N4O2/c1-11-4-2-3-5-14(11)15(21)22-13-8-6-12(7-9-13)10-19-20-16(17)18/h2-10H,1H3,(H4,17,18,20). The molecular formula is C16H16N4O2. The first-order valence-electron chi connectivity index (χ1n) is 6.56. The van der Waals surface area contributed by atoms with Crippen molar-refractivity contribution >= 4 is 18.1 Å². The number of carbonyl (C=O) groups is 1. The van der Waals surface area contributed by atoms with Crippen LogP contribution in [-0.2, 0) is 0 Å². The van der Waals surface area contributed by atoms with Gasteiger partial charge in [0.25, 0.3) is 0 Å². The minimum absolute atomic E-state index is 0.111. The number of esters is 1. The molecule has 0 heterocycles. The molecule has 0 aliphatic rings. The number of benzene rings is 2. The Kier molecular flexibility index (Phi) is 4.87. The zero-order valence-corrected chi connectivity index (χ0v) is 12.1. The monoisotopic (exact) mass is 296 g/mol. The van der Waals surface area contributed by atoms with E-state index in [-0.39, 0.29) is 11.9 Å². The molecule has 6 nitrogen and oxygen atoms in total. The summed E-state index contributed by atoms with van der Waals surface area (Å²) in [6, 6.07) is 14.1. The number of hydrogen-bond acceptors (Lipinski definition) is 4. The second-order valence-corrected chi connectivity index (χ2v) is 4.54. The maximum absolute atomic E-state index is 12.1. The fourth-order valence-corrected chi connectivity index (χ4v) is 1.75. The third kappa shape index (κ3) is 4.17. The molecule has 4 N–H and O–H groups in total. The number of ether oxygens (including phenoxy) is 1. The van der Waals surface area contributed by atoms with E-state index < -0.39 is 0 Å². The topological polar surface area (TPSA) is 103 Å². The van der Waals surface area contributed by atoms with Crippen LogP contribution in [-0.4, -0.2) is 18.1 Å². The first-order valence-corrected chi connectivity index (χ1v) is 6.56. The van der Waals surface area contributed by atoms with Gasteiger partial charge in [0.05, 0.1) is 11.8 Å². The number of hydrogen-bond donors (Lipinski definition) is 2. The first-order chi connectivity index (χ1) is 10.6. The van der Waals surface area contributed by atoms with Gasteiger partial charge in [-0.05, 0) is 48.4 Å². The van der Waals surface area contributed by atoms with Gasteiger partial charge < -0.3 is 16.2 Å². The third-order valence-electron chi connectivity index (χ3n) is 2.84. The van der Waals surface area contributed by atoms with Crippen molar-refractivity contribution < 1.29 is 9.53 Å². The summed E-state index contributed by atoms with van der Waals surface area (Å²) in [7, 11) is 0. The van der Waals surface area contributed by atoms with Crippen LogP contribution in [0.2, 0.25) is 0 Å². The molecule has 2 aromatic carbocycles. The quantitative estimate of drug-likeness (QED) is 0.295. The Hall–Kier alpha value is -3.15. The highest BCUT2D eigenvalue weighted by atomic mass is 16.5. The van der Waals surface area contributed by atoms with E-state index in [1.807, 2.05) is 19.1 Å². The summed E-state index contributed by atoms with van der Waals surface area (Å²) < 4.78 is 5.33. The fraction of sp³-hybridized carbons (Fsp3) is 0.0625. The lowest BCUT2D eigenvalue weighted by molar-refractivity contribution is 0.0734. The Balaban J connectivity index is 2.05. The van der Waals surface area contributed by atoms with Crippen LogP contribution in [0.15, 0.2) is 58.7 Å². The molecule has 0 bridgehead atoms. The molecule has 0 atom stereocenters. The number of aryl methyl sites for hydroxylation is 1. The lowest BCUT2D eigenvalue weighted by Gasteiger charge is -2.06. The van der Waals surface area contributed by atoms with Crippen LogP contribution in [0.4, 0.5) is 0 Å². The lowest BCUT2D eigenvalue weighted by atomic mass is 10.1. The second-order valence-electron chi connectivity index (χ2n) is 4.54. The first kappa shape index (κ1) is 15.2. The van der Waals surface area contributed by atoms with Gasteiger partial charge >= 0.3 is 5.97 Å². The summed E-state index contributed by atoms with van der Waals surface area (Å²) in [6.45, 7) is 1.86. The average Bonchev–Trinajstić information content (AvgIpc) is 2.49. The Labute approximate surface area is 128 Å². The second kappa shape index (κ2) is 7.03. The summed E-state index contributed by atoms with van der Waals surface area (Å²) in [5, 5.41) is 7.19. The van der Waals surface area contributed by atoms with E-state index in [2.05, 4.69) is 10.2 Å². The van der Waals surface area contributed by atoms with Crippen LogP contribution < -0.4 is 16.2 Å². The predicted octanol–water partition coefficient (Wildman–Crippen LogP) is 1.82. The zero-order chi connectivity index (χ0) is 15.9. The zero-order valence-electron chi connectivity index (χ0n) is 12.1. The average molecular weight is 296 g/mol. The summed E-state index contributed by atoms with van der Waals surface area (Å²) in [5.74, 6) is -0.0488. The molecule has 0 aliphatic heterocycles. The van der Waals surface area contributed by atoms with Gasteiger partial charge in [0, 0.05) is 0 Å². The Bertz CT molecular complexity index is 717. The molecule has 112 valence electrons. The maximum Gasteiger partial charge on any atom is 0.343 e. The Morgan fingerprint density at radius 3 is 2.41 bits per heavy atom. The molecule has 6 heteroatoms. The SMILES string of the molecule is Cc1ccccc1C(=O)Oc1ccc(C=NN=C(N)N)cc1. The van der Waals surface area contributed by atoms with Crippen molar-refractivity contribution in [2.45, 2.75) is 6.92 Å². The maximum atomic E-state index is 12.1. The van der Waals surface area contributed by atoms with Crippen molar-refractivity contribution in [2.75, 3.05) is 0 Å². The van der Waals surface area contributed by atoms with Crippen molar-refractivity contribution in [2.24, 2.45) is 21.7 Å². The van der Waals surface area contributed by atoms with E-state index in [9.17, 15) is 4.79 Å². The molecule has 0 aromatic heterocycles. The van der Waals surface area contributed by atoms with Gasteiger partial charge in [-0.25, -0.2) is 4.79 Å². The van der Waals surface area contributed by atoms with Crippen molar-refractivity contribution in [3.05, 3.63) is 65.2 Å². The molecule has 0 saturated carbocycles. The molecule has 2 rings (SSSR count). The van der Waals surface area contributed by atoms with Gasteiger partial charge in [-0.1, -0.05) is 18.2 Å². The molecular weight excluding hydrogens is 280 g/mol. The van der Waals surface area contributed by atoms with Crippen LogP contribution >= 0.6 is 0 Å². The largest absolute Gasteiger partial charge is 0.423 e. The number of nitrogens with zero attached hydrogens (tertiary/aromatic N) is 2. The Morgan fingerprint density at radius 1 is 1.09 bits per heavy atom. The van der Waals surface area contributed by atoms with E-state index in [1.54, 1.807) is 36.4 Å². The van der Waals surface area contributed by atoms with Crippen molar-refractivity contribution in [3.8, 4) is 5.75 Å². The summed E-state index contributed by atoms with van der Waals surface area (Å²) in [4.78, 5) is 12.1. The Morgan fingerprint density at radius 2 is 1.77 bits per heavy atom. The number of guanidine groups is 1. The van der Waals surface area contributed by atoms with Crippen LogP contribution in [0, 0.1) is 6.92 Å². The van der Waals surface area contributed by atoms with E-state index in [0.29, 0.717) is 11.3 Å². The minimum atomic E-state index is -0.389. The van der Waals surface area contributed by atoms with E-state index in [4.69, 9.17) is 16.2 Å². The minimum Gasteiger partial charge on any atom is -0.423 e. The molecule has 0 spiro atoms. The van der Waals surface area contributed by atoms with Crippen molar-refractivity contribution in [3.63, 3.8) is 0 Å². The molecule has 0 fully saturated rings. The lowest BCUT2D eigenvalue weighted by Crippen LogP contribution is -2.21. The highest BCUT2D eigenvalue weighted by Crippen LogP contribution is 2.15. The summed E-state index contributed by atoms with van der Waals surface area (Å²) in [6.07, 6.45) is 1.49. The molecule has 0 saturated heterocycles. The van der Waals surface area contributed by atoms with Crippen LogP contribution in [0.5, 0.6) is 5.75 Å². The van der Waals surface area contributed by atoms with Crippen LogP contribution in [0.25, 0.3) is 0 Å². The molecule has 0 amide bonds. The smallest absolute Gasteiger partial charge is 0.343 e. The van der Waals surface area contributed by atoms with Crippen LogP contribution in [0.1, 0.15) is 21.5 Å². The van der Waals surface area contributed by atoms with Crippen molar-refractivity contribution in [1.29, 1.82) is 0 Å². The van der Waals surface area contributed by atoms with Crippen LogP contribution in [0.3, 0.4) is 0 Å². The van der Waals surface area contributed by atoms with Gasteiger partial charge in [0.1, 0.15) is 5.75 Å². The van der Waals surface area contributed by atoms with E-state index in [1.165, 1.54) is 6.21 Å². The molecule has 0 radical (unpaired) electrons.